The van der Waals surface area contributed by atoms with Crippen molar-refractivity contribution in [3.05, 3.63) is 83.7 Å². The maximum Gasteiger partial charge on any atom is 0.232 e. The zero-order chi connectivity index (χ0) is 22.2. The van der Waals surface area contributed by atoms with Crippen molar-refractivity contribution in [3.8, 4) is 11.3 Å². The van der Waals surface area contributed by atoms with E-state index in [2.05, 4.69) is 10.1 Å². The fourth-order valence-corrected chi connectivity index (χ4v) is 4.53. The van der Waals surface area contributed by atoms with Crippen molar-refractivity contribution in [2.45, 2.75) is 13.8 Å². The number of carbonyl (C=O) groups is 1. The average Bonchev–Trinajstić information content (AvgIpc) is 3.18. The Morgan fingerprint density at radius 2 is 1.84 bits per heavy atom. The number of benzene rings is 2. The molecular weight excluding hydrogens is 412 g/mol. The van der Waals surface area contributed by atoms with Gasteiger partial charge in [-0.25, -0.2) is 17.9 Å². The quantitative estimate of drug-likeness (QED) is 0.432. The molecule has 0 bridgehead atoms. The Hall–Kier alpha value is -3.52. The van der Waals surface area contributed by atoms with Crippen molar-refractivity contribution in [1.29, 1.82) is 0 Å². The van der Waals surface area contributed by atoms with Gasteiger partial charge in [0, 0.05) is 23.9 Å². The first-order chi connectivity index (χ1) is 14.8. The van der Waals surface area contributed by atoms with E-state index in [-0.39, 0.29) is 5.78 Å². The van der Waals surface area contributed by atoms with Crippen LogP contribution in [0.15, 0.2) is 67.0 Å². The Morgan fingerprint density at radius 1 is 1.10 bits per heavy atom. The average molecular weight is 435 g/mol. The standard InChI is InChI=1S/C23H22N4O3S/c1-4-26(31(3,29)30)19-7-5-6-18(14-19)21-12-13-24-23-20(15-25-27(21)23)22(28)17-10-8-16(2)9-11-17/h5-15H,4H2,1-3H3. The lowest BCUT2D eigenvalue weighted by atomic mass is 10.0. The van der Waals surface area contributed by atoms with Crippen molar-refractivity contribution in [1.82, 2.24) is 14.6 Å². The van der Waals surface area contributed by atoms with Gasteiger partial charge in [0.1, 0.15) is 0 Å². The summed E-state index contributed by atoms with van der Waals surface area (Å²) in [7, 11) is -3.40. The summed E-state index contributed by atoms with van der Waals surface area (Å²) in [4.78, 5) is 17.4. The minimum Gasteiger partial charge on any atom is -0.288 e. The van der Waals surface area contributed by atoms with Crippen LogP contribution in [0.25, 0.3) is 16.9 Å². The Balaban J connectivity index is 1.80. The monoisotopic (exact) mass is 434 g/mol. The van der Waals surface area contributed by atoms with E-state index in [1.165, 1.54) is 16.8 Å². The molecule has 0 aliphatic rings. The third-order valence-corrected chi connectivity index (χ3v) is 6.35. The van der Waals surface area contributed by atoms with E-state index in [9.17, 15) is 13.2 Å². The highest BCUT2D eigenvalue weighted by Crippen LogP contribution is 2.27. The van der Waals surface area contributed by atoms with Crippen LogP contribution in [0.3, 0.4) is 0 Å². The van der Waals surface area contributed by atoms with Crippen LogP contribution >= 0.6 is 0 Å². The SMILES string of the molecule is CCN(c1cccc(-c2ccnc3c(C(=O)c4ccc(C)cc4)cnn23)c1)S(C)(=O)=O. The number of sulfonamides is 1. The van der Waals surface area contributed by atoms with Gasteiger partial charge < -0.3 is 0 Å². The third kappa shape index (κ3) is 3.94. The van der Waals surface area contributed by atoms with Crippen LogP contribution < -0.4 is 4.31 Å². The molecule has 0 amide bonds. The summed E-state index contributed by atoms with van der Waals surface area (Å²) >= 11 is 0. The molecule has 0 saturated carbocycles. The molecular formula is C23H22N4O3S. The molecule has 0 N–H and O–H groups in total. The fourth-order valence-electron chi connectivity index (χ4n) is 3.56. The summed E-state index contributed by atoms with van der Waals surface area (Å²) < 4.78 is 27.2. The largest absolute Gasteiger partial charge is 0.288 e. The van der Waals surface area contributed by atoms with Gasteiger partial charge >= 0.3 is 0 Å². The predicted molar refractivity (Wildman–Crippen MR) is 121 cm³/mol. The molecule has 0 saturated heterocycles. The molecule has 0 fully saturated rings. The van der Waals surface area contributed by atoms with Crippen LogP contribution in [0, 0.1) is 6.92 Å². The number of aromatic nitrogens is 3. The number of fused-ring (bicyclic) bond motifs is 1. The molecule has 2 aromatic carbocycles. The number of nitrogens with zero attached hydrogens (tertiary/aromatic N) is 4. The van der Waals surface area contributed by atoms with Crippen LogP contribution in [-0.2, 0) is 10.0 Å². The predicted octanol–water partition coefficient (Wildman–Crippen LogP) is 3.72. The molecule has 0 aliphatic heterocycles. The van der Waals surface area contributed by atoms with Gasteiger partial charge in [-0.2, -0.15) is 5.10 Å². The van der Waals surface area contributed by atoms with Crippen molar-refractivity contribution in [2.75, 3.05) is 17.1 Å². The molecule has 7 nitrogen and oxygen atoms in total. The number of ketones is 1. The minimum absolute atomic E-state index is 0.150. The summed E-state index contributed by atoms with van der Waals surface area (Å²) in [5.74, 6) is -0.150. The van der Waals surface area contributed by atoms with Gasteiger partial charge in [0.25, 0.3) is 0 Å². The normalized spacial score (nSPS) is 11.6. The summed E-state index contributed by atoms with van der Waals surface area (Å²) in [6.45, 7) is 4.08. The van der Waals surface area contributed by atoms with Gasteiger partial charge in [-0.1, -0.05) is 42.0 Å². The summed E-state index contributed by atoms with van der Waals surface area (Å²) in [6, 6.07) is 16.4. The van der Waals surface area contributed by atoms with Crippen molar-refractivity contribution < 1.29 is 13.2 Å². The highest BCUT2D eigenvalue weighted by molar-refractivity contribution is 7.92. The van der Waals surface area contributed by atoms with Gasteiger partial charge in [0.2, 0.25) is 10.0 Å². The highest BCUT2D eigenvalue weighted by atomic mass is 32.2. The van der Waals surface area contributed by atoms with Crippen LogP contribution in [-0.4, -0.2) is 41.6 Å². The fraction of sp³-hybridized carbons (Fsp3) is 0.174. The van der Waals surface area contributed by atoms with Crippen LogP contribution in [0.5, 0.6) is 0 Å². The van der Waals surface area contributed by atoms with Gasteiger partial charge in [-0.3, -0.25) is 9.10 Å². The lowest BCUT2D eigenvalue weighted by Gasteiger charge is -2.21. The van der Waals surface area contributed by atoms with Gasteiger partial charge in [-0.15, -0.1) is 0 Å². The zero-order valence-electron chi connectivity index (χ0n) is 17.5. The highest BCUT2D eigenvalue weighted by Gasteiger charge is 2.19. The van der Waals surface area contributed by atoms with Crippen LogP contribution in [0.1, 0.15) is 28.4 Å². The van der Waals surface area contributed by atoms with Crippen LogP contribution in [0.2, 0.25) is 0 Å². The number of carbonyl (C=O) groups excluding carboxylic acids is 1. The maximum atomic E-state index is 13.0. The summed E-state index contributed by atoms with van der Waals surface area (Å²) in [6.07, 6.45) is 4.33. The Morgan fingerprint density at radius 3 is 2.52 bits per heavy atom. The van der Waals surface area contributed by atoms with Gasteiger partial charge in [0.15, 0.2) is 11.4 Å². The molecule has 31 heavy (non-hydrogen) atoms. The molecule has 0 aliphatic carbocycles. The van der Waals surface area contributed by atoms with E-state index in [1.807, 2.05) is 25.1 Å². The van der Waals surface area contributed by atoms with Crippen LogP contribution in [0.4, 0.5) is 5.69 Å². The molecule has 4 rings (SSSR count). The second-order valence-electron chi connectivity index (χ2n) is 7.30. The lowest BCUT2D eigenvalue weighted by Crippen LogP contribution is -2.29. The molecule has 2 aromatic heterocycles. The zero-order valence-corrected chi connectivity index (χ0v) is 18.3. The third-order valence-electron chi connectivity index (χ3n) is 5.08. The number of aryl methyl sites for hydroxylation is 1. The number of anilines is 1. The lowest BCUT2D eigenvalue weighted by molar-refractivity contribution is 0.104. The molecule has 2 heterocycles. The van der Waals surface area contributed by atoms with Crippen molar-refractivity contribution >= 4 is 27.1 Å². The topological polar surface area (TPSA) is 84.6 Å². The molecule has 0 spiro atoms. The van der Waals surface area contributed by atoms with E-state index in [4.69, 9.17) is 0 Å². The van der Waals surface area contributed by atoms with Gasteiger partial charge in [-0.05, 0) is 32.0 Å². The van der Waals surface area contributed by atoms with Crippen molar-refractivity contribution in [2.24, 2.45) is 0 Å². The van der Waals surface area contributed by atoms with Crippen molar-refractivity contribution in [3.63, 3.8) is 0 Å². The molecule has 4 aromatic rings. The van der Waals surface area contributed by atoms with Gasteiger partial charge in [0.05, 0.1) is 29.4 Å². The van der Waals surface area contributed by atoms with E-state index in [0.29, 0.717) is 34.7 Å². The smallest absolute Gasteiger partial charge is 0.232 e. The molecule has 158 valence electrons. The first kappa shape index (κ1) is 20.7. The summed E-state index contributed by atoms with van der Waals surface area (Å²) in [5, 5.41) is 4.40. The first-order valence-electron chi connectivity index (χ1n) is 9.82. The number of rotatable bonds is 6. The van der Waals surface area contributed by atoms with E-state index < -0.39 is 10.0 Å². The Labute approximate surface area is 181 Å². The molecule has 0 atom stereocenters. The molecule has 0 unspecified atom stereocenters. The second-order valence-corrected chi connectivity index (χ2v) is 9.20. The Kier molecular flexibility index (Phi) is 5.32. The first-order valence-corrected chi connectivity index (χ1v) is 11.7. The second kappa shape index (κ2) is 7.96. The summed E-state index contributed by atoms with van der Waals surface area (Å²) in [5.41, 5.74) is 4.55. The number of hydrogen-bond acceptors (Lipinski definition) is 5. The number of hydrogen-bond donors (Lipinski definition) is 0. The molecule has 0 radical (unpaired) electrons. The van der Waals surface area contributed by atoms with E-state index >= 15 is 0 Å². The Bertz CT molecular complexity index is 1380. The molecule has 8 heteroatoms. The van der Waals surface area contributed by atoms with E-state index in [0.717, 1.165) is 11.1 Å². The minimum atomic E-state index is -3.40. The van der Waals surface area contributed by atoms with E-state index in [1.54, 1.807) is 54.0 Å². The maximum absolute atomic E-state index is 13.0.